The highest BCUT2D eigenvalue weighted by molar-refractivity contribution is 6.30. The molecule has 0 atom stereocenters. The van der Waals surface area contributed by atoms with Crippen molar-refractivity contribution in [1.82, 2.24) is 9.78 Å². The topological polar surface area (TPSA) is 91.2 Å². The van der Waals surface area contributed by atoms with E-state index in [1.54, 1.807) is 24.3 Å². The first-order chi connectivity index (χ1) is 10.6. The molecule has 1 aromatic carbocycles. The normalized spacial score (nSPS) is 10.6. The van der Waals surface area contributed by atoms with Crippen molar-refractivity contribution in [2.75, 3.05) is 0 Å². The molecular weight excluding hydrogens is 310 g/mol. The molecule has 22 heavy (non-hydrogen) atoms. The number of rotatable bonds is 4. The number of halogens is 1. The largest absolute Gasteiger partial charge is 0.433 e. The summed E-state index contributed by atoms with van der Waals surface area (Å²) in [5.74, 6) is -0.265. The van der Waals surface area contributed by atoms with Crippen LogP contribution in [0.25, 0.3) is 17.1 Å². The molecule has 0 aliphatic rings. The van der Waals surface area contributed by atoms with Gasteiger partial charge in [-0.2, -0.15) is 5.10 Å². The highest BCUT2D eigenvalue weighted by Crippen LogP contribution is 2.28. The predicted octanol–water partition coefficient (Wildman–Crippen LogP) is 3.51. The van der Waals surface area contributed by atoms with Gasteiger partial charge in [0, 0.05) is 11.2 Å². The monoisotopic (exact) mass is 317 g/mol. The summed E-state index contributed by atoms with van der Waals surface area (Å²) in [7, 11) is 0. The van der Waals surface area contributed by atoms with Crippen LogP contribution >= 0.6 is 11.6 Å². The van der Waals surface area contributed by atoms with E-state index in [4.69, 9.17) is 16.0 Å². The summed E-state index contributed by atoms with van der Waals surface area (Å²) in [5.41, 5.74) is 1.13. The molecule has 3 aromatic rings. The molecule has 7 nitrogen and oxygen atoms in total. The van der Waals surface area contributed by atoms with Gasteiger partial charge >= 0.3 is 5.88 Å². The second-order valence-corrected chi connectivity index (χ2v) is 4.81. The fraction of sp³-hybridized carbons (Fsp3) is 0. The summed E-state index contributed by atoms with van der Waals surface area (Å²) >= 11 is 5.93. The third kappa shape index (κ3) is 2.49. The predicted molar refractivity (Wildman–Crippen MR) is 78.3 cm³/mol. The number of nitrogens with zero attached hydrogens (tertiary/aromatic N) is 3. The van der Waals surface area contributed by atoms with E-state index in [9.17, 15) is 14.9 Å². The van der Waals surface area contributed by atoms with Crippen molar-refractivity contribution in [3.63, 3.8) is 0 Å². The Morgan fingerprint density at radius 3 is 2.77 bits per heavy atom. The van der Waals surface area contributed by atoms with Crippen molar-refractivity contribution in [1.29, 1.82) is 0 Å². The van der Waals surface area contributed by atoms with E-state index in [1.807, 2.05) is 0 Å². The van der Waals surface area contributed by atoms with Crippen molar-refractivity contribution in [3.8, 4) is 17.1 Å². The van der Waals surface area contributed by atoms with Crippen LogP contribution in [-0.4, -0.2) is 21.0 Å². The van der Waals surface area contributed by atoms with Crippen molar-refractivity contribution in [2.45, 2.75) is 0 Å². The number of hydrogen-bond acceptors (Lipinski definition) is 5. The highest BCUT2D eigenvalue weighted by Gasteiger charge is 2.19. The molecule has 0 aliphatic carbocycles. The van der Waals surface area contributed by atoms with E-state index >= 15 is 0 Å². The summed E-state index contributed by atoms with van der Waals surface area (Å²) in [6.07, 6.45) is 2.11. The Kier molecular flexibility index (Phi) is 3.48. The third-order valence-corrected chi connectivity index (χ3v) is 3.18. The standard InChI is InChI=1S/C14H8ClN3O4/c15-10-2-1-3-11(6-10)17-7-9(8-19)14(16-17)12-4-5-13(22-12)18(20)21/h1-8H. The Bertz CT molecular complexity index is 869. The van der Waals surface area contributed by atoms with Crippen LogP contribution < -0.4 is 0 Å². The lowest BCUT2D eigenvalue weighted by atomic mass is 10.2. The van der Waals surface area contributed by atoms with Gasteiger partial charge in [-0.05, 0) is 24.3 Å². The van der Waals surface area contributed by atoms with E-state index in [1.165, 1.54) is 23.0 Å². The fourth-order valence-corrected chi connectivity index (χ4v) is 2.15. The molecular formula is C14H8ClN3O4. The Hall–Kier alpha value is -2.93. The first-order valence-corrected chi connectivity index (χ1v) is 6.51. The van der Waals surface area contributed by atoms with E-state index in [-0.39, 0.29) is 17.0 Å². The lowest BCUT2D eigenvalue weighted by Gasteiger charge is -2.00. The molecule has 3 rings (SSSR count). The molecule has 0 unspecified atom stereocenters. The first-order valence-electron chi connectivity index (χ1n) is 6.14. The number of aldehydes is 1. The van der Waals surface area contributed by atoms with Crippen LogP contribution in [0, 0.1) is 10.1 Å². The molecule has 0 radical (unpaired) electrons. The zero-order valence-corrected chi connectivity index (χ0v) is 11.7. The van der Waals surface area contributed by atoms with Crippen LogP contribution in [0.15, 0.2) is 47.0 Å². The number of furan rings is 1. The van der Waals surface area contributed by atoms with Crippen molar-refractivity contribution < 1.29 is 14.1 Å². The number of carbonyl (C=O) groups is 1. The molecule has 0 aliphatic heterocycles. The Morgan fingerprint density at radius 2 is 2.14 bits per heavy atom. The lowest BCUT2D eigenvalue weighted by Crippen LogP contribution is -1.94. The smallest absolute Gasteiger partial charge is 0.399 e. The third-order valence-electron chi connectivity index (χ3n) is 2.95. The second-order valence-electron chi connectivity index (χ2n) is 4.37. The molecule has 0 spiro atoms. The van der Waals surface area contributed by atoms with Crippen LogP contribution in [0.5, 0.6) is 0 Å². The average Bonchev–Trinajstić information content (AvgIpc) is 3.13. The second kappa shape index (κ2) is 5.45. The fourth-order valence-electron chi connectivity index (χ4n) is 1.97. The Balaban J connectivity index is 2.08. The summed E-state index contributed by atoms with van der Waals surface area (Å²) in [5, 5.41) is 15.4. The van der Waals surface area contributed by atoms with Gasteiger partial charge in [-0.15, -0.1) is 0 Å². The van der Waals surface area contributed by atoms with Gasteiger partial charge in [-0.3, -0.25) is 14.9 Å². The van der Waals surface area contributed by atoms with Gasteiger partial charge in [0.1, 0.15) is 10.6 Å². The maximum Gasteiger partial charge on any atom is 0.433 e. The molecule has 8 heteroatoms. The molecule has 2 aromatic heterocycles. The maximum atomic E-state index is 11.2. The Morgan fingerprint density at radius 1 is 1.32 bits per heavy atom. The zero-order valence-electron chi connectivity index (χ0n) is 11.0. The highest BCUT2D eigenvalue weighted by atomic mass is 35.5. The number of nitro groups is 1. The molecule has 2 heterocycles. The van der Waals surface area contributed by atoms with E-state index in [0.717, 1.165) is 0 Å². The number of aromatic nitrogens is 2. The van der Waals surface area contributed by atoms with Crippen molar-refractivity contribution >= 4 is 23.8 Å². The van der Waals surface area contributed by atoms with Gasteiger partial charge in [0.15, 0.2) is 12.0 Å². The van der Waals surface area contributed by atoms with E-state index < -0.39 is 10.8 Å². The van der Waals surface area contributed by atoms with Crippen LogP contribution in [0.4, 0.5) is 5.88 Å². The van der Waals surface area contributed by atoms with Gasteiger partial charge in [-0.25, -0.2) is 4.68 Å². The SMILES string of the molecule is O=Cc1cn(-c2cccc(Cl)c2)nc1-c1ccc([N+](=O)[O-])o1. The molecule has 0 N–H and O–H groups in total. The number of hydrogen-bond donors (Lipinski definition) is 0. The maximum absolute atomic E-state index is 11.2. The molecule has 0 saturated heterocycles. The minimum atomic E-state index is -0.655. The van der Waals surface area contributed by atoms with Crippen molar-refractivity contribution in [3.05, 3.63) is 63.3 Å². The summed E-state index contributed by atoms with van der Waals surface area (Å²) in [6, 6.07) is 9.51. The van der Waals surface area contributed by atoms with Crippen LogP contribution in [0.1, 0.15) is 10.4 Å². The van der Waals surface area contributed by atoms with Crippen molar-refractivity contribution in [2.24, 2.45) is 0 Å². The molecule has 0 fully saturated rings. The van der Waals surface area contributed by atoms with Crippen LogP contribution in [-0.2, 0) is 0 Å². The number of carbonyl (C=O) groups excluding carboxylic acids is 1. The van der Waals surface area contributed by atoms with E-state index in [0.29, 0.717) is 17.0 Å². The van der Waals surface area contributed by atoms with Crippen LogP contribution in [0.2, 0.25) is 5.02 Å². The quantitative estimate of drug-likeness (QED) is 0.417. The van der Waals surface area contributed by atoms with Crippen LogP contribution in [0.3, 0.4) is 0 Å². The van der Waals surface area contributed by atoms with E-state index in [2.05, 4.69) is 5.10 Å². The summed E-state index contributed by atoms with van der Waals surface area (Å²) in [6.45, 7) is 0. The minimum absolute atomic E-state index is 0.148. The van der Waals surface area contributed by atoms with Gasteiger partial charge in [0.25, 0.3) is 0 Å². The molecule has 110 valence electrons. The number of benzene rings is 1. The average molecular weight is 318 g/mol. The zero-order chi connectivity index (χ0) is 15.7. The molecule has 0 amide bonds. The van der Waals surface area contributed by atoms with Gasteiger partial charge < -0.3 is 4.42 Å². The summed E-state index contributed by atoms with van der Waals surface area (Å²) < 4.78 is 6.54. The first kappa shape index (κ1) is 14.0. The minimum Gasteiger partial charge on any atom is -0.399 e. The molecule has 0 saturated carbocycles. The Labute approximate surface area is 128 Å². The lowest BCUT2D eigenvalue weighted by molar-refractivity contribution is -0.401. The van der Waals surface area contributed by atoms with Gasteiger partial charge in [0.2, 0.25) is 0 Å². The van der Waals surface area contributed by atoms with Gasteiger partial charge in [0.05, 0.1) is 17.3 Å². The molecule has 0 bridgehead atoms. The summed E-state index contributed by atoms with van der Waals surface area (Å²) in [4.78, 5) is 21.2. The van der Waals surface area contributed by atoms with Gasteiger partial charge in [-0.1, -0.05) is 17.7 Å².